The zero-order valence-electron chi connectivity index (χ0n) is 11.3. The van der Waals surface area contributed by atoms with Crippen molar-refractivity contribution in [3.8, 4) is 11.5 Å². The highest BCUT2D eigenvalue weighted by atomic mass is 16.4. The number of carboxylic acids is 1. The van der Waals surface area contributed by atoms with E-state index < -0.39 is 11.5 Å². The molecule has 1 rings (SSSR count). The third-order valence-corrected chi connectivity index (χ3v) is 2.71. The summed E-state index contributed by atoms with van der Waals surface area (Å²) >= 11 is 0. The molecule has 0 aromatic heterocycles. The van der Waals surface area contributed by atoms with Crippen LogP contribution in [0.2, 0.25) is 0 Å². The molecule has 6 heteroatoms. The minimum atomic E-state index is -1.21. The maximum atomic E-state index is 11.4. The molecule has 1 aromatic carbocycles. The van der Waals surface area contributed by atoms with Gasteiger partial charge in [-0.15, -0.1) is 0 Å². The van der Waals surface area contributed by atoms with Crippen LogP contribution in [0.4, 0.5) is 0 Å². The molecular formula is C13H20N2O4. The molecule has 0 heterocycles. The third kappa shape index (κ3) is 4.11. The zero-order valence-corrected chi connectivity index (χ0v) is 11.3. The van der Waals surface area contributed by atoms with Gasteiger partial charge in [0.2, 0.25) is 0 Å². The number of benzene rings is 1. The molecule has 0 amide bonds. The number of hydrogen-bond acceptors (Lipinski definition) is 5. The largest absolute Gasteiger partial charge is 0.504 e. The Bertz CT molecular complexity index is 462. The number of aliphatic carboxylic acids is 1. The summed E-state index contributed by atoms with van der Waals surface area (Å²) in [6.45, 7) is 5.33. The normalized spacial score (nSPS) is 14.3. The molecule has 5 N–H and O–H groups in total. The molecule has 0 bridgehead atoms. The van der Waals surface area contributed by atoms with Crippen molar-refractivity contribution in [3.05, 3.63) is 23.8 Å². The first kappa shape index (κ1) is 15.3. The van der Waals surface area contributed by atoms with E-state index in [1.807, 2.05) is 13.8 Å². The Hall–Kier alpha value is -1.79. The summed E-state index contributed by atoms with van der Waals surface area (Å²) in [6, 6.07) is 4.36. The first-order valence-electron chi connectivity index (χ1n) is 6.01. The Kier molecular flexibility index (Phi) is 4.74. The summed E-state index contributed by atoms with van der Waals surface area (Å²) in [5, 5.41) is 28.0. The maximum absolute atomic E-state index is 11.4. The number of aromatic hydroxyl groups is 2. The summed E-state index contributed by atoms with van der Waals surface area (Å²) in [7, 11) is 0. The van der Waals surface area contributed by atoms with Crippen molar-refractivity contribution >= 4 is 5.97 Å². The molecule has 1 aromatic rings. The minimum Gasteiger partial charge on any atom is -0.504 e. The fraction of sp³-hybridized carbons (Fsp3) is 0.462. The van der Waals surface area contributed by atoms with Crippen molar-refractivity contribution in [2.24, 2.45) is 0 Å². The summed E-state index contributed by atoms with van der Waals surface area (Å²) in [5.74, 6) is -1.50. The van der Waals surface area contributed by atoms with Gasteiger partial charge in [0.25, 0.3) is 0 Å². The molecule has 0 aliphatic carbocycles. The monoisotopic (exact) mass is 268 g/mol. The molecule has 19 heavy (non-hydrogen) atoms. The fourth-order valence-electron chi connectivity index (χ4n) is 1.56. The summed E-state index contributed by atoms with van der Waals surface area (Å²) in [5.41, 5.74) is 5.05. The van der Waals surface area contributed by atoms with Crippen LogP contribution in [-0.4, -0.2) is 32.9 Å². The van der Waals surface area contributed by atoms with Gasteiger partial charge >= 0.3 is 5.97 Å². The Labute approximate surface area is 112 Å². The van der Waals surface area contributed by atoms with E-state index in [2.05, 4.69) is 10.9 Å². The average molecular weight is 268 g/mol. The SMILES string of the molecule is CC(C)NNC(C)(Cc1ccc(O)c(O)c1)C(=O)O. The van der Waals surface area contributed by atoms with E-state index in [0.29, 0.717) is 5.56 Å². The van der Waals surface area contributed by atoms with E-state index in [-0.39, 0.29) is 24.0 Å². The summed E-state index contributed by atoms with van der Waals surface area (Å²) in [6.07, 6.45) is 0.163. The molecule has 106 valence electrons. The fourth-order valence-corrected chi connectivity index (χ4v) is 1.56. The second-order valence-electron chi connectivity index (χ2n) is 5.06. The average Bonchev–Trinajstić information content (AvgIpc) is 2.31. The summed E-state index contributed by atoms with van der Waals surface area (Å²) < 4.78 is 0. The second kappa shape index (κ2) is 5.90. The topological polar surface area (TPSA) is 102 Å². The number of nitrogens with one attached hydrogen (secondary N) is 2. The number of phenolic OH excluding ortho intramolecular Hbond substituents is 2. The van der Waals surface area contributed by atoms with Crippen LogP contribution in [0.1, 0.15) is 26.3 Å². The first-order valence-corrected chi connectivity index (χ1v) is 6.01. The molecule has 0 aliphatic heterocycles. The highest BCUT2D eigenvalue weighted by Gasteiger charge is 2.33. The number of carboxylic acid groups (broad SMARTS) is 1. The Morgan fingerprint density at radius 3 is 2.42 bits per heavy atom. The van der Waals surface area contributed by atoms with Crippen molar-refractivity contribution in [1.29, 1.82) is 0 Å². The molecule has 0 fully saturated rings. The number of phenols is 2. The lowest BCUT2D eigenvalue weighted by Gasteiger charge is -2.28. The molecule has 0 saturated carbocycles. The van der Waals surface area contributed by atoms with Crippen molar-refractivity contribution in [2.75, 3.05) is 0 Å². The van der Waals surface area contributed by atoms with Crippen molar-refractivity contribution in [3.63, 3.8) is 0 Å². The van der Waals surface area contributed by atoms with Crippen LogP contribution in [0.25, 0.3) is 0 Å². The molecule has 6 nitrogen and oxygen atoms in total. The van der Waals surface area contributed by atoms with Gasteiger partial charge in [-0.3, -0.25) is 10.2 Å². The van der Waals surface area contributed by atoms with Crippen molar-refractivity contribution in [1.82, 2.24) is 10.9 Å². The molecule has 0 radical (unpaired) electrons. The maximum Gasteiger partial charge on any atom is 0.325 e. The van der Waals surface area contributed by atoms with E-state index in [1.165, 1.54) is 12.1 Å². The van der Waals surface area contributed by atoms with Gasteiger partial charge < -0.3 is 15.3 Å². The van der Waals surface area contributed by atoms with Crippen LogP contribution in [0.3, 0.4) is 0 Å². The third-order valence-electron chi connectivity index (χ3n) is 2.71. The standard InChI is InChI=1S/C13H20N2O4/c1-8(2)14-15-13(3,12(18)19)7-9-4-5-10(16)11(17)6-9/h4-6,8,14-17H,7H2,1-3H3,(H,18,19). The van der Waals surface area contributed by atoms with Gasteiger partial charge in [0, 0.05) is 12.5 Å². The molecule has 1 atom stereocenters. The van der Waals surface area contributed by atoms with Crippen LogP contribution in [0.15, 0.2) is 18.2 Å². The van der Waals surface area contributed by atoms with E-state index >= 15 is 0 Å². The predicted molar refractivity (Wildman–Crippen MR) is 70.9 cm³/mol. The summed E-state index contributed by atoms with van der Waals surface area (Å²) in [4.78, 5) is 11.4. The van der Waals surface area contributed by atoms with Gasteiger partial charge in [0.1, 0.15) is 5.54 Å². The number of rotatable bonds is 6. The van der Waals surface area contributed by atoms with Crippen molar-refractivity contribution < 1.29 is 20.1 Å². The lowest BCUT2D eigenvalue weighted by Crippen LogP contribution is -2.58. The van der Waals surface area contributed by atoms with Gasteiger partial charge in [-0.2, -0.15) is 0 Å². The molecule has 0 aliphatic rings. The van der Waals surface area contributed by atoms with Gasteiger partial charge in [0.05, 0.1) is 0 Å². The van der Waals surface area contributed by atoms with E-state index in [4.69, 9.17) is 0 Å². The Morgan fingerprint density at radius 1 is 1.32 bits per heavy atom. The van der Waals surface area contributed by atoms with E-state index in [0.717, 1.165) is 0 Å². The van der Waals surface area contributed by atoms with E-state index in [1.54, 1.807) is 13.0 Å². The number of carbonyl (C=O) groups is 1. The minimum absolute atomic E-state index is 0.0897. The first-order chi connectivity index (χ1) is 8.74. The second-order valence-corrected chi connectivity index (χ2v) is 5.06. The highest BCUT2D eigenvalue weighted by Crippen LogP contribution is 2.26. The van der Waals surface area contributed by atoms with Crippen LogP contribution < -0.4 is 10.9 Å². The quantitative estimate of drug-likeness (QED) is 0.389. The van der Waals surface area contributed by atoms with Gasteiger partial charge in [-0.05, 0) is 38.5 Å². The van der Waals surface area contributed by atoms with Crippen LogP contribution in [-0.2, 0) is 11.2 Å². The smallest absolute Gasteiger partial charge is 0.325 e. The Morgan fingerprint density at radius 2 is 1.95 bits per heavy atom. The van der Waals surface area contributed by atoms with Crippen LogP contribution in [0.5, 0.6) is 11.5 Å². The molecule has 1 unspecified atom stereocenters. The zero-order chi connectivity index (χ0) is 14.6. The molecule has 0 spiro atoms. The lowest BCUT2D eigenvalue weighted by atomic mass is 9.93. The van der Waals surface area contributed by atoms with Crippen LogP contribution >= 0.6 is 0 Å². The Balaban J connectivity index is 2.88. The predicted octanol–water partition coefficient (Wildman–Crippen LogP) is 0.986. The van der Waals surface area contributed by atoms with Gasteiger partial charge in [-0.1, -0.05) is 6.07 Å². The van der Waals surface area contributed by atoms with Gasteiger partial charge in [-0.25, -0.2) is 5.43 Å². The molecule has 0 saturated heterocycles. The van der Waals surface area contributed by atoms with Gasteiger partial charge in [0.15, 0.2) is 11.5 Å². The number of hydrazine groups is 1. The highest BCUT2D eigenvalue weighted by molar-refractivity contribution is 5.78. The lowest BCUT2D eigenvalue weighted by molar-refractivity contribution is -0.144. The van der Waals surface area contributed by atoms with Crippen LogP contribution in [0, 0.1) is 0 Å². The van der Waals surface area contributed by atoms with E-state index in [9.17, 15) is 20.1 Å². The van der Waals surface area contributed by atoms with Crippen molar-refractivity contribution in [2.45, 2.75) is 38.8 Å². The molecular weight excluding hydrogens is 248 g/mol. The number of hydrogen-bond donors (Lipinski definition) is 5.